The van der Waals surface area contributed by atoms with E-state index in [-0.39, 0.29) is 17.7 Å². The lowest BCUT2D eigenvalue weighted by atomic mass is 9.98. The predicted octanol–water partition coefficient (Wildman–Crippen LogP) is -0.389. The van der Waals surface area contributed by atoms with E-state index in [0.29, 0.717) is 19.0 Å². The van der Waals surface area contributed by atoms with Crippen molar-refractivity contribution < 1.29 is 13.2 Å². The van der Waals surface area contributed by atoms with Crippen molar-refractivity contribution in [1.29, 1.82) is 0 Å². The smallest absolute Gasteiger partial charge is 0.237 e. The summed E-state index contributed by atoms with van der Waals surface area (Å²) in [5.41, 5.74) is 0. The SMILES string of the molecule is CS(=O)(=O)CCN1CCCC(CNC(=O)C2CCCN2)C1. The van der Waals surface area contributed by atoms with E-state index in [0.717, 1.165) is 45.3 Å². The van der Waals surface area contributed by atoms with Gasteiger partial charge in [0.05, 0.1) is 11.8 Å². The van der Waals surface area contributed by atoms with Crippen molar-refractivity contribution in [3.63, 3.8) is 0 Å². The number of rotatable bonds is 6. The number of nitrogens with zero attached hydrogens (tertiary/aromatic N) is 1. The highest BCUT2D eigenvalue weighted by Gasteiger charge is 2.24. The average Bonchev–Trinajstić information content (AvgIpc) is 2.96. The highest BCUT2D eigenvalue weighted by Crippen LogP contribution is 2.16. The van der Waals surface area contributed by atoms with E-state index in [2.05, 4.69) is 15.5 Å². The summed E-state index contributed by atoms with van der Waals surface area (Å²) in [7, 11) is -2.90. The maximum atomic E-state index is 12.0. The molecule has 6 nitrogen and oxygen atoms in total. The van der Waals surface area contributed by atoms with Gasteiger partial charge in [-0.2, -0.15) is 0 Å². The van der Waals surface area contributed by atoms with Crippen molar-refractivity contribution >= 4 is 15.7 Å². The molecule has 2 heterocycles. The zero-order valence-corrected chi connectivity index (χ0v) is 13.6. The molecule has 2 rings (SSSR count). The number of carbonyl (C=O) groups is 1. The molecule has 2 saturated heterocycles. The maximum absolute atomic E-state index is 12.0. The quantitative estimate of drug-likeness (QED) is 0.698. The minimum Gasteiger partial charge on any atom is -0.354 e. The molecule has 7 heteroatoms. The minimum atomic E-state index is -2.90. The third kappa shape index (κ3) is 5.92. The predicted molar refractivity (Wildman–Crippen MR) is 82.9 cm³/mol. The molecule has 0 spiro atoms. The Bertz CT molecular complexity index is 446. The summed E-state index contributed by atoms with van der Waals surface area (Å²) in [5.74, 6) is 0.766. The van der Waals surface area contributed by atoms with E-state index in [1.807, 2.05) is 0 Å². The van der Waals surface area contributed by atoms with Crippen LogP contribution in [-0.4, -0.2) is 70.0 Å². The largest absolute Gasteiger partial charge is 0.354 e. The Hall–Kier alpha value is -0.660. The van der Waals surface area contributed by atoms with Crippen molar-refractivity contribution in [3.8, 4) is 0 Å². The third-order valence-electron chi connectivity index (χ3n) is 4.32. The van der Waals surface area contributed by atoms with Gasteiger partial charge in [-0.3, -0.25) is 4.79 Å². The molecular weight excluding hydrogens is 290 g/mol. The van der Waals surface area contributed by atoms with Gasteiger partial charge in [0.2, 0.25) is 5.91 Å². The summed E-state index contributed by atoms with van der Waals surface area (Å²) in [5, 5.41) is 6.24. The number of nitrogens with one attached hydrogen (secondary N) is 2. The van der Waals surface area contributed by atoms with Crippen LogP contribution in [0.5, 0.6) is 0 Å². The van der Waals surface area contributed by atoms with Gasteiger partial charge in [0, 0.05) is 25.9 Å². The highest BCUT2D eigenvalue weighted by atomic mass is 32.2. The summed E-state index contributed by atoms with van der Waals surface area (Å²) < 4.78 is 22.5. The van der Waals surface area contributed by atoms with Crippen LogP contribution in [0.15, 0.2) is 0 Å². The molecule has 0 aromatic carbocycles. The molecule has 0 aliphatic carbocycles. The van der Waals surface area contributed by atoms with Gasteiger partial charge in [-0.25, -0.2) is 8.42 Å². The van der Waals surface area contributed by atoms with Gasteiger partial charge in [0.15, 0.2) is 0 Å². The number of piperidine rings is 1. The second-order valence-electron chi connectivity index (χ2n) is 6.33. The van der Waals surface area contributed by atoms with Gasteiger partial charge < -0.3 is 15.5 Å². The zero-order valence-electron chi connectivity index (χ0n) is 12.8. The van der Waals surface area contributed by atoms with Crippen LogP contribution in [0.25, 0.3) is 0 Å². The summed E-state index contributed by atoms with van der Waals surface area (Å²) in [6.45, 7) is 4.08. The summed E-state index contributed by atoms with van der Waals surface area (Å²) in [6, 6.07) is -0.0186. The fraction of sp³-hybridized carbons (Fsp3) is 0.929. The molecule has 2 N–H and O–H groups in total. The van der Waals surface area contributed by atoms with Gasteiger partial charge in [-0.05, 0) is 44.7 Å². The first-order valence-corrected chi connectivity index (χ1v) is 9.91. The molecule has 2 aliphatic heterocycles. The van der Waals surface area contributed by atoms with Crippen LogP contribution in [0.1, 0.15) is 25.7 Å². The number of hydrogen-bond acceptors (Lipinski definition) is 5. The van der Waals surface area contributed by atoms with Crippen molar-refractivity contribution in [2.75, 3.05) is 44.7 Å². The fourth-order valence-corrected chi connectivity index (χ4v) is 3.68. The standard InChI is InChI=1S/C14H27N3O3S/c1-21(19,20)9-8-17-7-3-4-12(11-17)10-16-14(18)13-5-2-6-15-13/h12-13,15H,2-11H2,1H3,(H,16,18). The summed E-state index contributed by atoms with van der Waals surface area (Å²) in [4.78, 5) is 14.2. The van der Waals surface area contributed by atoms with Crippen molar-refractivity contribution in [2.24, 2.45) is 5.92 Å². The topological polar surface area (TPSA) is 78.5 Å². The van der Waals surface area contributed by atoms with E-state index in [1.165, 1.54) is 6.26 Å². The number of likely N-dealkylation sites (tertiary alicyclic amines) is 1. The fourth-order valence-electron chi connectivity index (χ4n) is 3.09. The molecule has 2 fully saturated rings. The third-order valence-corrected chi connectivity index (χ3v) is 5.25. The van der Waals surface area contributed by atoms with Crippen LogP contribution in [0.4, 0.5) is 0 Å². The van der Waals surface area contributed by atoms with E-state index in [9.17, 15) is 13.2 Å². The molecule has 0 aromatic heterocycles. The normalized spacial score (nSPS) is 27.7. The number of hydrogen-bond donors (Lipinski definition) is 2. The monoisotopic (exact) mass is 317 g/mol. The first-order valence-electron chi connectivity index (χ1n) is 7.85. The lowest BCUT2D eigenvalue weighted by molar-refractivity contribution is -0.123. The lowest BCUT2D eigenvalue weighted by Crippen LogP contribution is -2.46. The van der Waals surface area contributed by atoms with Crippen molar-refractivity contribution in [3.05, 3.63) is 0 Å². The minimum absolute atomic E-state index is 0.0186. The van der Waals surface area contributed by atoms with Crippen LogP contribution >= 0.6 is 0 Å². The Morgan fingerprint density at radius 2 is 2.14 bits per heavy atom. The van der Waals surface area contributed by atoms with Gasteiger partial charge in [-0.1, -0.05) is 0 Å². The van der Waals surface area contributed by atoms with Gasteiger partial charge in [0.25, 0.3) is 0 Å². The van der Waals surface area contributed by atoms with E-state index in [4.69, 9.17) is 0 Å². The summed E-state index contributed by atoms with van der Waals surface area (Å²) >= 11 is 0. The summed E-state index contributed by atoms with van der Waals surface area (Å²) in [6.07, 6.45) is 5.46. The second-order valence-corrected chi connectivity index (χ2v) is 8.59. The molecule has 122 valence electrons. The van der Waals surface area contributed by atoms with Crippen LogP contribution in [0, 0.1) is 5.92 Å². The molecule has 2 unspecified atom stereocenters. The number of amides is 1. The van der Waals surface area contributed by atoms with Crippen LogP contribution in [0.2, 0.25) is 0 Å². The zero-order chi connectivity index (χ0) is 15.3. The Labute approximate surface area is 127 Å². The molecule has 2 atom stereocenters. The molecule has 2 aliphatic rings. The second kappa shape index (κ2) is 7.56. The molecule has 1 amide bonds. The maximum Gasteiger partial charge on any atom is 0.237 e. The van der Waals surface area contributed by atoms with Gasteiger partial charge in [-0.15, -0.1) is 0 Å². The molecule has 21 heavy (non-hydrogen) atoms. The highest BCUT2D eigenvalue weighted by molar-refractivity contribution is 7.90. The Morgan fingerprint density at radius 1 is 1.33 bits per heavy atom. The Kier molecular flexibility index (Phi) is 6.01. The number of sulfone groups is 1. The first-order chi connectivity index (χ1) is 9.94. The molecule has 0 saturated carbocycles. The van der Waals surface area contributed by atoms with Crippen molar-refractivity contribution in [2.45, 2.75) is 31.7 Å². The van der Waals surface area contributed by atoms with Crippen LogP contribution in [-0.2, 0) is 14.6 Å². The average molecular weight is 317 g/mol. The first kappa shape index (κ1) is 16.7. The van der Waals surface area contributed by atoms with E-state index in [1.54, 1.807) is 0 Å². The molecular formula is C14H27N3O3S. The number of carbonyl (C=O) groups excluding carboxylic acids is 1. The Balaban J connectivity index is 1.69. The molecule has 0 radical (unpaired) electrons. The van der Waals surface area contributed by atoms with Gasteiger partial charge >= 0.3 is 0 Å². The van der Waals surface area contributed by atoms with E-state index < -0.39 is 9.84 Å². The molecule has 0 aromatic rings. The van der Waals surface area contributed by atoms with E-state index >= 15 is 0 Å². The van der Waals surface area contributed by atoms with Crippen LogP contribution in [0.3, 0.4) is 0 Å². The van der Waals surface area contributed by atoms with Crippen LogP contribution < -0.4 is 10.6 Å². The lowest BCUT2D eigenvalue weighted by Gasteiger charge is -2.32. The Morgan fingerprint density at radius 3 is 2.81 bits per heavy atom. The van der Waals surface area contributed by atoms with Gasteiger partial charge in [0.1, 0.15) is 9.84 Å². The molecule has 0 bridgehead atoms. The van der Waals surface area contributed by atoms with Crippen molar-refractivity contribution in [1.82, 2.24) is 15.5 Å².